The predicted molar refractivity (Wildman–Crippen MR) is 77.9 cm³/mol. The Bertz CT molecular complexity index is 911. The van der Waals surface area contributed by atoms with Gasteiger partial charge in [-0.2, -0.15) is 5.26 Å². The molecule has 0 aliphatic carbocycles. The van der Waals surface area contributed by atoms with Gasteiger partial charge in [-0.05, 0) is 36.0 Å². The number of aromatic nitrogens is 4. The molecule has 0 N–H and O–H groups in total. The highest BCUT2D eigenvalue weighted by Gasteiger charge is 2.10. The summed E-state index contributed by atoms with van der Waals surface area (Å²) < 4.78 is 1.48. The van der Waals surface area contributed by atoms with Gasteiger partial charge in [0.1, 0.15) is 11.1 Å². The minimum Gasteiger partial charge on any atom is -0.290 e. The van der Waals surface area contributed by atoms with Crippen molar-refractivity contribution in [2.24, 2.45) is 7.05 Å². The van der Waals surface area contributed by atoms with Crippen molar-refractivity contribution >= 4 is 22.7 Å². The summed E-state index contributed by atoms with van der Waals surface area (Å²) in [5, 5.41) is 18.1. The van der Waals surface area contributed by atoms with Gasteiger partial charge in [0.2, 0.25) is 0 Å². The summed E-state index contributed by atoms with van der Waals surface area (Å²) in [6.45, 7) is 0. The molecule has 0 aliphatic rings. The Labute approximate surface area is 124 Å². The molecule has 3 aromatic rings. The number of fused-ring (bicyclic) bond motifs is 1. The lowest BCUT2D eigenvalue weighted by atomic mass is 10.2. The van der Waals surface area contributed by atoms with Gasteiger partial charge >= 0.3 is 0 Å². The lowest BCUT2D eigenvalue weighted by Gasteiger charge is -2.07. The second-order valence-electron chi connectivity index (χ2n) is 4.25. The summed E-state index contributed by atoms with van der Waals surface area (Å²) in [5.41, 5.74) is 0.786. The molecule has 0 saturated heterocycles. The van der Waals surface area contributed by atoms with Crippen LogP contribution in [0.5, 0.6) is 0 Å². The molecule has 2 heterocycles. The zero-order valence-electron chi connectivity index (χ0n) is 11.0. The molecule has 0 saturated carbocycles. The molecule has 0 radical (unpaired) electrons. The molecule has 0 amide bonds. The van der Waals surface area contributed by atoms with Crippen molar-refractivity contribution in [2.75, 3.05) is 0 Å². The zero-order chi connectivity index (χ0) is 14.8. The van der Waals surface area contributed by atoms with Gasteiger partial charge in [0, 0.05) is 7.05 Å². The third-order valence-electron chi connectivity index (χ3n) is 2.89. The number of nitriles is 1. The summed E-state index contributed by atoms with van der Waals surface area (Å²) in [6.07, 6.45) is 0. The van der Waals surface area contributed by atoms with E-state index in [1.54, 1.807) is 31.3 Å². The molecule has 0 bridgehead atoms. The summed E-state index contributed by atoms with van der Waals surface area (Å²) in [7, 11) is 1.67. The first-order valence-electron chi connectivity index (χ1n) is 6.06. The van der Waals surface area contributed by atoms with Gasteiger partial charge in [0.25, 0.3) is 5.56 Å². The number of benzene rings is 1. The normalized spacial score (nSPS) is 10.5. The van der Waals surface area contributed by atoms with Gasteiger partial charge in [-0.15, -0.1) is 10.2 Å². The SMILES string of the molecule is Cn1c(Sc2ccc(C#N)nn2)nc2ccccc2c1=O. The molecule has 7 heteroatoms. The fraction of sp³-hybridized carbons (Fsp3) is 0.0714. The Morgan fingerprint density at radius 3 is 2.71 bits per heavy atom. The number of hydrogen-bond donors (Lipinski definition) is 0. The molecule has 0 spiro atoms. The predicted octanol–water partition coefficient (Wildman–Crippen LogP) is 1.75. The highest BCUT2D eigenvalue weighted by molar-refractivity contribution is 7.99. The molecule has 0 aliphatic heterocycles. The molecular formula is C14H9N5OS. The highest BCUT2D eigenvalue weighted by atomic mass is 32.2. The topological polar surface area (TPSA) is 84.5 Å². The second kappa shape index (κ2) is 5.34. The first kappa shape index (κ1) is 13.3. The van der Waals surface area contributed by atoms with Gasteiger partial charge in [-0.25, -0.2) is 4.98 Å². The van der Waals surface area contributed by atoms with Crippen LogP contribution < -0.4 is 5.56 Å². The van der Waals surface area contributed by atoms with Gasteiger partial charge < -0.3 is 0 Å². The maximum absolute atomic E-state index is 12.3. The summed E-state index contributed by atoms with van der Waals surface area (Å²) in [6, 6.07) is 12.4. The zero-order valence-corrected chi connectivity index (χ0v) is 11.8. The average Bonchev–Trinajstić information content (AvgIpc) is 2.53. The molecule has 3 rings (SSSR count). The maximum Gasteiger partial charge on any atom is 0.261 e. The van der Waals surface area contributed by atoms with Crippen LogP contribution in [0, 0.1) is 11.3 Å². The fourth-order valence-electron chi connectivity index (χ4n) is 1.82. The van der Waals surface area contributed by atoms with E-state index >= 15 is 0 Å². The molecule has 0 fully saturated rings. The lowest BCUT2D eigenvalue weighted by Crippen LogP contribution is -2.19. The van der Waals surface area contributed by atoms with Crippen molar-refractivity contribution in [1.82, 2.24) is 19.7 Å². The smallest absolute Gasteiger partial charge is 0.261 e. The van der Waals surface area contributed by atoms with Crippen molar-refractivity contribution in [3.05, 3.63) is 52.4 Å². The Hall–Kier alpha value is -2.72. The van der Waals surface area contributed by atoms with Crippen LogP contribution in [0.2, 0.25) is 0 Å². The van der Waals surface area contributed by atoms with Crippen molar-refractivity contribution in [2.45, 2.75) is 10.2 Å². The third-order valence-corrected chi connectivity index (χ3v) is 3.87. The summed E-state index contributed by atoms with van der Waals surface area (Å²) >= 11 is 1.23. The summed E-state index contributed by atoms with van der Waals surface area (Å²) in [5.74, 6) is 0. The Balaban J connectivity index is 2.06. The highest BCUT2D eigenvalue weighted by Crippen LogP contribution is 2.23. The second-order valence-corrected chi connectivity index (χ2v) is 5.23. The fourth-order valence-corrected chi connectivity index (χ4v) is 2.59. The van der Waals surface area contributed by atoms with Crippen LogP contribution in [0.25, 0.3) is 10.9 Å². The van der Waals surface area contributed by atoms with Crippen molar-refractivity contribution < 1.29 is 0 Å². The van der Waals surface area contributed by atoms with E-state index in [0.29, 0.717) is 21.1 Å². The molecule has 1 aromatic carbocycles. The van der Waals surface area contributed by atoms with Crippen LogP contribution in [-0.4, -0.2) is 19.7 Å². The minimum atomic E-state index is -0.107. The molecule has 21 heavy (non-hydrogen) atoms. The molecule has 0 unspecified atom stereocenters. The van der Waals surface area contributed by atoms with Crippen LogP contribution >= 0.6 is 11.8 Å². The Morgan fingerprint density at radius 2 is 2.00 bits per heavy atom. The molecular weight excluding hydrogens is 286 g/mol. The van der Waals surface area contributed by atoms with E-state index in [9.17, 15) is 4.79 Å². The Morgan fingerprint density at radius 1 is 1.19 bits per heavy atom. The van der Waals surface area contributed by atoms with E-state index < -0.39 is 0 Å². The van der Waals surface area contributed by atoms with E-state index in [4.69, 9.17) is 5.26 Å². The van der Waals surface area contributed by atoms with Crippen LogP contribution in [0.4, 0.5) is 0 Å². The first-order chi connectivity index (χ1) is 10.2. The molecule has 2 aromatic heterocycles. The van der Waals surface area contributed by atoms with Crippen molar-refractivity contribution in [3.63, 3.8) is 0 Å². The van der Waals surface area contributed by atoms with Crippen molar-refractivity contribution in [1.29, 1.82) is 5.26 Å². The quantitative estimate of drug-likeness (QED) is 0.670. The van der Waals surface area contributed by atoms with Crippen molar-refractivity contribution in [3.8, 4) is 6.07 Å². The standard InChI is InChI=1S/C14H9N5OS/c1-19-13(20)10-4-2-3-5-11(10)16-14(19)21-12-7-6-9(8-15)17-18-12/h2-7H,1H3. The van der Waals surface area contributed by atoms with E-state index in [1.807, 2.05) is 18.2 Å². The molecule has 102 valence electrons. The lowest BCUT2D eigenvalue weighted by molar-refractivity contribution is 0.724. The van der Waals surface area contributed by atoms with Gasteiger partial charge in [-0.1, -0.05) is 12.1 Å². The average molecular weight is 295 g/mol. The van der Waals surface area contributed by atoms with Crippen LogP contribution in [0.1, 0.15) is 5.69 Å². The van der Waals surface area contributed by atoms with Gasteiger partial charge in [-0.3, -0.25) is 9.36 Å². The van der Waals surface area contributed by atoms with Gasteiger partial charge in [0.15, 0.2) is 10.9 Å². The van der Waals surface area contributed by atoms with Crippen LogP contribution in [0.3, 0.4) is 0 Å². The van der Waals surface area contributed by atoms with Crippen LogP contribution in [0.15, 0.2) is 51.4 Å². The van der Waals surface area contributed by atoms with E-state index in [-0.39, 0.29) is 11.3 Å². The van der Waals surface area contributed by atoms with E-state index in [1.165, 1.54) is 16.3 Å². The number of rotatable bonds is 2. The Kier molecular flexibility index (Phi) is 3.38. The minimum absolute atomic E-state index is 0.107. The number of hydrogen-bond acceptors (Lipinski definition) is 6. The third kappa shape index (κ3) is 2.49. The van der Waals surface area contributed by atoms with Gasteiger partial charge in [0.05, 0.1) is 10.9 Å². The first-order valence-corrected chi connectivity index (χ1v) is 6.88. The van der Waals surface area contributed by atoms with E-state index in [2.05, 4.69) is 15.2 Å². The maximum atomic E-state index is 12.3. The molecule has 0 atom stereocenters. The molecule has 6 nitrogen and oxygen atoms in total. The summed E-state index contributed by atoms with van der Waals surface area (Å²) in [4.78, 5) is 16.7. The van der Waals surface area contributed by atoms with E-state index in [0.717, 1.165) is 0 Å². The largest absolute Gasteiger partial charge is 0.290 e. The monoisotopic (exact) mass is 295 g/mol. The van der Waals surface area contributed by atoms with Crippen LogP contribution in [-0.2, 0) is 7.05 Å². The number of para-hydroxylation sites is 1. The number of nitrogens with zero attached hydrogens (tertiary/aromatic N) is 5.